The average molecular weight is 502 g/mol. The van der Waals surface area contributed by atoms with E-state index in [0.717, 1.165) is 12.1 Å². The van der Waals surface area contributed by atoms with Gasteiger partial charge >= 0.3 is 5.97 Å². The van der Waals surface area contributed by atoms with E-state index >= 15 is 0 Å². The highest BCUT2D eigenvalue weighted by molar-refractivity contribution is 14.0. The zero-order valence-corrected chi connectivity index (χ0v) is 19.4. The van der Waals surface area contributed by atoms with E-state index in [9.17, 15) is 9.59 Å². The maximum Gasteiger partial charge on any atom is 0.310 e. The summed E-state index contributed by atoms with van der Waals surface area (Å²) in [6.07, 6.45) is 0.918. The molecule has 1 heterocycles. The van der Waals surface area contributed by atoms with Gasteiger partial charge in [0.2, 0.25) is 5.91 Å². The minimum Gasteiger partial charge on any atom is -0.469 e. The molecule has 1 aliphatic heterocycles. The third kappa shape index (κ3) is 6.65. The second-order valence-electron chi connectivity index (χ2n) is 6.78. The largest absolute Gasteiger partial charge is 0.469 e. The summed E-state index contributed by atoms with van der Waals surface area (Å²) in [7, 11) is 1.41. The number of ether oxygens (including phenoxy) is 1. The highest BCUT2D eigenvalue weighted by Crippen LogP contribution is 2.24. The lowest BCUT2D eigenvalue weighted by atomic mass is 9.99. The summed E-state index contributed by atoms with van der Waals surface area (Å²) in [6.45, 7) is 8.03. The van der Waals surface area contributed by atoms with Crippen molar-refractivity contribution in [1.82, 2.24) is 10.2 Å². The van der Waals surface area contributed by atoms with Crippen LogP contribution in [0.25, 0.3) is 0 Å². The summed E-state index contributed by atoms with van der Waals surface area (Å²) in [5, 5.41) is 6.09. The number of aryl methyl sites for hydroxylation is 1. The number of benzene rings is 1. The molecule has 0 spiro atoms. The minimum absolute atomic E-state index is 0. The highest BCUT2D eigenvalue weighted by Gasteiger charge is 2.36. The van der Waals surface area contributed by atoms with Gasteiger partial charge in [0.25, 0.3) is 0 Å². The molecule has 1 aliphatic rings. The summed E-state index contributed by atoms with van der Waals surface area (Å²) in [4.78, 5) is 30.6. The number of carbonyl (C=O) groups is 2. The van der Waals surface area contributed by atoms with Crippen molar-refractivity contribution in [3.05, 3.63) is 29.8 Å². The van der Waals surface area contributed by atoms with Crippen molar-refractivity contribution in [1.29, 1.82) is 0 Å². The van der Waals surface area contributed by atoms with Crippen LogP contribution >= 0.6 is 24.0 Å². The number of guanidine groups is 1. The quantitative estimate of drug-likeness (QED) is 0.271. The maximum absolute atomic E-state index is 12.3. The van der Waals surface area contributed by atoms with E-state index in [-0.39, 0.29) is 54.2 Å². The summed E-state index contributed by atoms with van der Waals surface area (Å²) >= 11 is 0. The van der Waals surface area contributed by atoms with Gasteiger partial charge in [-0.2, -0.15) is 0 Å². The van der Waals surface area contributed by atoms with Gasteiger partial charge in [-0.1, -0.05) is 26.0 Å². The first-order valence-electron chi connectivity index (χ1n) is 9.48. The number of rotatable bonds is 6. The van der Waals surface area contributed by atoms with Crippen LogP contribution in [0, 0.1) is 11.8 Å². The van der Waals surface area contributed by atoms with Crippen molar-refractivity contribution in [2.75, 3.05) is 38.6 Å². The van der Waals surface area contributed by atoms with Gasteiger partial charge in [-0.25, -0.2) is 4.99 Å². The zero-order valence-electron chi connectivity index (χ0n) is 17.0. The van der Waals surface area contributed by atoms with Crippen molar-refractivity contribution in [3.8, 4) is 0 Å². The number of anilines is 1. The zero-order chi connectivity index (χ0) is 19.8. The van der Waals surface area contributed by atoms with Crippen LogP contribution in [-0.2, 0) is 20.7 Å². The normalized spacial score (nSPS) is 19.0. The number of halogens is 1. The first kappa shape index (κ1) is 24.2. The molecule has 0 aromatic heterocycles. The van der Waals surface area contributed by atoms with Crippen molar-refractivity contribution >= 4 is 47.5 Å². The Morgan fingerprint density at radius 1 is 1.29 bits per heavy atom. The lowest BCUT2D eigenvalue weighted by molar-refractivity contribution is -0.146. The van der Waals surface area contributed by atoms with Crippen molar-refractivity contribution in [2.24, 2.45) is 16.8 Å². The molecule has 2 unspecified atom stereocenters. The standard InChI is InChI=1S/C20H30N4O3.HI/c1-5-15-8-7-9-16(10-15)23-18(25)11-22-20(21-6-2)24-12-14(3)17(13-24)19(26)27-4;/h7-10,14,17H,5-6,11-13H2,1-4H3,(H,21,22)(H,23,25);1H. The van der Waals surface area contributed by atoms with E-state index in [2.05, 4.69) is 22.5 Å². The number of hydrogen-bond donors (Lipinski definition) is 2. The molecule has 1 aromatic carbocycles. The Kier molecular flexibility index (Phi) is 10.3. The van der Waals surface area contributed by atoms with Gasteiger partial charge in [0.15, 0.2) is 5.96 Å². The van der Waals surface area contributed by atoms with E-state index in [1.54, 1.807) is 0 Å². The Morgan fingerprint density at radius 2 is 2.04 bits per heavy atom. The number of methoxy groups -OCH3 is 1. The fourth-order valence-electron chi connectivity index (χ4n) is 3.24. The highest BCUT2D eigenvalue weighted by atomic mass is 127. The third-order valence-corrected chi connectivity index (χ3v) is 4.74. The predicted molar refractivity (Wildman–Crippen MR) is 122 cm³/mol. The summed E-state index contributed by atoms with van der Waals surface area (Å²) in [6, 6.07) is 7.80. The van der Waals surface area contributed by atoms with Gasteiger partial charge in [-0.3, -0.25) is 9.59 Å². The van der Waals surface area contributed by atoms with Crippen molar-refractivity contribution < 1.29 is 14.3 Å². The number of aliphatic imine (C=N–C) groups is 1. The number of hydrogen-bond acceptors (Lipinski definition) is 4. The molecule has 2 rings (SSSR count). The van der Waals surface area contributed by atoms with E-state index < -0.39 is 0 Å². The monoisotopic (exact) mass is 502 g/mol. The third-order valence-electron chi connectivity index (χ3n) is 4.74. The summed E-state index contributed by atoms with van der Waals surface area (Å²) in [5.74, 6) is 0.273. The van der Waals surface area contributed by atoms with Crippen LogP contribution in [-0.4, -0.2) is 56.0 Å². The van der Waals surface area contributed by atoms with Crippen LogP contribution in [0.3, 0.4) is 0 Å². The molecule has 28 heavy (non-hydrogen) atoms. The minimum atomic E-state index is -0.200. The van der Waals surface area contributed by atoms with Crippen LogP contribution in [0.1, 0.15) is 26.3 Å². The molecule has 0 aliphatic carbocycles. The van der Waals surface area contributed by atoms with E-state index in [1.807, 2.05) is 43.0 Å². The van der Waals surface area contributed by atoms with Crippen LogP contribution in [0.5, 0.6) is 0 Å². The van der Waals surface area contributed by atoms with Gasteiger partial charge in [-0.05, 0) is 37.0 Å². The molecule has 2 atom stereocenters. The topological polar surface area (TPSA) is 83.0 Å². The molecule has 8 heteroatoms. The number of likely N-dealkylation sites (tertiary alicyclic amines) is 1. The first-order chi connectivity index (χ1) is 13.0. The number of esters is 1. The average Bonchev–Trinajstić information content (AvgIpc) is 3.06. The number of carbonyl (C=O) groups excluding carboxylic acids is 2. The Morgan fingerprint density at radius 3 is 2.68 bits per heavy atom. The molecule has 0 bridgehead atoms. The Balaban J connectivity index is 0.00000392. The van der Waals surface area contributed by atoms with Crippen molar-refractivity contribution in [3.63, 3.8) is 0 Å². The molecule has 1 fully saturated rings. The molecular formula is C20H31IN4O3. The Bertz CT molecular complexity index is 696. The predicted octanol–water partition coefficient (Wildman–Crippen LogP) is 2.51. The van der Waals surface area contributed by atoms with E-state index in [1.165, 1.54) is 12.7 Å². The smallest absolute Gasteiger partial charge is 0.310 e. The van der Waals surface area contributed by atoms with Gasteiger partial charge in [0.1, 0.15) is 6.54 Å². The molecule has 2 N–H and O–H groups in total. The van der Waals surface area contributed by atoms with Gasteiger partial charge in [-0.15, -0.1) is 24.0 Å². The number of nitrogens with one attached hydrogen (secondary N) is 2. The SMILES string of the molecule is CCNC(=NCC(=O)Nc1cccc(CC)c1)N1CC(C)C(C(=O)OC)C1.I. The molecular weight excluding hydrogens is 471 g/mol. The van der Waals surface area contributed by atoms with Crippen molar-refractivity contribution in [2.45, 2.75) is 27.2 Å². The molecule has 156 valence electrons. The van der Waals surface area contributed by atoms with Crippen LogP contribution < -0.4 is 10.6 Å². The summed E-state index contributed by atoms with van der Waals surface area (Å²) in [5.41, 5.74) is 1.95. The molecule has 7 nitrogen and oxygen atoms in total. The molecule has 1 aromatic rings. The molecule has 0 radical (unpaired) electrons. The second-order valence-corrected chi connectivity index (χ2v) is 6.78. The lowest BCUT2D eigenvalue weighted by Gasteiger charge is -2.21. The van der Waals surface area contributed by atoms with Crippen LogP contribution in [0.15, 0.2) is 29.3 Å². The van der Waals surface area contributed by atoms with Crippen LogP contribution in [0.4, 0.5) is 5.69 Å². The fraction of sp³-hybridized carbons (Fsp3) is 0.550. The van der Waals surface area contributed by atoms with E-state index in [0.29, 0.717) is 25.6 Å². The number of nitrogens with zero attached hydrogens (tertiary/aromatic N) is 2. The van der Waals surface area contributed by atoms with Crippen LogP contribution in [0.2, 0.25) is 0 Å². The second kappa shape index (κ2) is 11.9. The fourth-order valence-corrected chi connectivity index (χ4v) is 3.24. The first-order valence-corrected chi connectivity index (χ1v) is 9.48. The number of amides is 1. The lowest BCUT2D eigenvalue weighted by Crippen LogP contribution is -2.41. The maximum atomic E-state index is 12.3. The molecule has 1 amide bonds. The van der Waals surface area contributed by atoms with Gasteiger partial charge in [0, 0.05) is 25.3 Å². The van der Waals surface area contributed by atoms with E-state index in [4.69, 9.17) is 4.74 Å². The van der Waals surface area contributed by atoms with Gasteiger partial charge in [0.05, 0.1) is 13.0 Å². The Labute approximate surface area is 184 Å². The molecule has 0 saturated carbocycles. The van der Waals surface area contributed by atoms with Gasteiger partial charge < -0.3 is 20.3 Å². The molecule has 1 saturated heterocycles. The summed E-state index contributed by atoms with van der Waals surface area (Å²) < 4.78 is 4.89. The Hall–Kier alpha value is -1.84.